The number of hydrogen-bond donors (Lipinski definition) is 3. The molecule has 2 aromatic rings. The van der Waals surface area contributed by atoms with Gasteiger partial charge in [0.15, 0.2) is 6.79 Å². The summed E-state index contributed by atoms with van der Waals surface area (Å²) < 4.78 is 40.6. The Labute approximate surface area is 126 Å². The van der Waals surface area contributed by atoms with Gasteiger partial charge in [-0.1, -0.05) is 0 Å². The maximum absolute atomic E-state index is 12.4. The molecule has 0 aliphatic heterocycles. The Morgan fingerprint density at radius 3 is 1.77 bits per heavy atom. The smallest absolute Gasteiger partial charge is 0.356 e. The average Bonchev–Trinajstić information content (AvgIpc) is 2.47. The van der Waals surface area contributed by atoms with Gasteiger partial charge in [0.25, 0.3) is 0 Å². The van der Waals surface area contributed by atoms with Crippen LogP contribution in [0.1, 0.15) is 0 Å². The van der Waals surface area contributed by atoms with Gasteiger partial charge in [-0.15, -0.1) is 0 Å². The Hall–Kier alpha value is -1.70. The monoisotopic (exact) mass is 344 g/mol. The second kappa shape index (κ2) is 6.20. The number of benzene rings is 2. The number of hydrogen-bond acceptors (Lipinski definition) is 5. The number of rotatable bonds is 5. The normalized spacial score (nSPS) is 12.1. The summed E-state index contributed by atoms with van der Waals surface area (Å²) in [6, 6.07) is 9.87. The summed E-state index contributed by atoms with van der Waals surface area (Å²) in [5, 5.41) is 8.36. The van der Waals surface area contributed by atoms with Crippen molar-refractivity contribution < 1.29 is 32.6 Å². The lowest BCUT2D eigenvalue weighted by atomic mass is 10.3. The number of aliphatic hydroxyl groups excluding tert-OH is 1. The molecule has 3 N–H and O–H groups in total. The van der Waals surface area contributed by atoms with Crippen LogP contribution in [0.3, 0.4) is 0 Å². The van der Waals surface area contributed by atoms with Gasteiger partial charge in [0, 0.05) is 0 Å². The van der Waals surface area contributed by atoms with Crippen LogP contribution in [0.15, 0.2) is 58.3 Å². The fourth-order valence-electron chi connectivity index (χ4n) is 1.75. The highest BCUT2D eigenvalue weighted by Gasteiger charge is 2.21. The second-order valence-electron chi connectivity index (χ2n) is 4.29. The van der Waals surface area contributed by atoms with Gasteiger partial charge in [-0.05, 0) is 48.5 Å². The Morgan fingerprint density at radius 2 is 1.36 bits per heavy atom. The van der Waals surface area contributed by atoms with Crippen LogP contribution < -0.4 is 10.0 Å². The van der Waals surface area contributed by atoms with Gasteiger partial charge < -0.3 is 19.6 Å². The van der Waals surface area contributed by atoms with Gasteiger partial charge in [0.05, 0.1) is 15.1 Å². The van der Waals surface area contributed by atoms with Gasteiger partial charge in [-0.2, -0.15) is 0 Å². The quantitative estimate of drug-likeness (QED) is 0.538. The maximum atomic E-state index is 12.4. The van der Waals surface area contributed by atoms with Crippen molar-refractivity contribution in [1.29, 1.82) is 0 Å². The van der Waals surface area contributed by atoms with Crippen molar-refractivity contribution in [2.45, 2.75) is 9.79 Å². The van der Waals surface area contributed by atoms with E-state index in [1.807, 2.05) is 0 Å². The van der Waals surface area contributed by atoms with Crippen LogP contribution in [0.4, 0.5) is 0 Å². The fraction of sp³-hybridized carbons (Fsp3) is 0.0769. The van der Waals surface area contributed by atoms with E-state index in [1.165, 1.54) is 24.3 Å². The Bertz CT molecular complexity index is 791. The molecule has 22 heavy (non-hydrogen) atoms. The highest BCUT2D eigenvalue weighted by molar-refractivity contribution is 7.91. The summed E-state index contributed by atoms with van der Waals surface area (Å²) in [4.78, 5) is 17.9. The van der Waals surface area contributed by atoms with E-state index in [-0.39, 0.29) is 15.1 Å². The second-order valence-corrected chi connectivity index (χ2v) is 7.84. The van der Waals surface area contributed by atoms with Crippen molar-refractivity contribution in [1.82, 2.24) is 0 Å². The molecule has 0 aromatic heterocycles. The largest absolute Gasteiger partial charge is 0.468 e. The molecule has 0 spiro atoms. The minimum Gasteiger partial charge on any atom is -0.468 e. The summed E-state index contributed by atoms with van der Waals surface area (Å²) in [7, 11) is -8.22. The van der Waals surface area contributed by atoms with Gasteiger partial charge in [-0.3, -0.25) is 4.57 Å². The lowest BCUT2D eigenvalue weighted by molar-refractivity contribution is 0.0985. The van der Waals surface area contributed by atoms with Crippen LogP contribution in [-0.4, -0.2) is 30.1 Å². The molecule has 9 heteroatoms. The van der Waals surface area contributed by atoms with Crippen LogP contribution in [0, 0.1) is 0 Å². The lowest BCUT2D eigenvalue weighted by Gasteiger charge is -2.08. The third-order valence-corrected chi connectivity index (χ3v) is 5.60. The molecule has 0 atom stereocenters. The Morgan fingerprint density at radius 1 is 0.909 bits per heavy atom. The molecule has 0 unspecified atom stereocenters. The molecule has 118 valence electrons. The molecule has 0 amide bonds. The zero-order valence-electron chi connectivity index (χ0n) is 11.2. The highest BCUT2D eigenvalue weighted by Crippen LogP contribution is 2.33. The highest BCUT2D eigenvalue weighted by atomic mass is 32.2. The summed E-state index contributed by atoms with van der Waals surface area (Å²) in [5.41, 5.74) is 0. The number of ether oxygens (including phenoxy) is 1. The zero-order valence-corrected chi connectivity index (χ0v) is 12.9. The standard InChI is InChI=1S/C13H13O7PS/c14-9-20-10-1-5-12(6-2-10)22(18,19)13-7-3-11(4-8-13)21(15,16)17/h1-8,14H,9H2,(H2,15,16,17). The van der Waals surface area contributed by atoms with Crippen LogP contribution in [0.5, 0.6) is 5.75 Å². The summed E-state index contributed by atoms with van der Waals surface area (Å²) >= 11 is 0. The van der Waals surface area contributed by atoms with Crippen LogP contribution in [-0.2, 0) is 14.4 Å². The SMILES string of the molecule is O=P(O)(O)c1ccc(S(=O)(=O)c2ccc(OCO)cc2)cc1. The van der Waals surface area contributed by atoms with E-state index in [1.54, 1.807) is 0 Å². The van der Waals surface area contributed by atoms with E-state index in [9.17, 15) is 13.0 Å². The lowest BCUT2D eigenvalue weighted by Crippen LogP contribution is -2.07. The van der Waals surface area contributed by atoms with E-state index in [4.69, 9.17) is 19.6 Å². The molecule has 0 aliphatic rings. The van der Waals surface area contributed by atoms with Crippen molar-refractivity contribution in [3.8, 4) is 5.75 Å². The molecule has 0 heterocycles. The van der Waals surface area contributed by atoms with E-state index in [0.29, 0.717) is 5.75 Å². The van der Waals surface area contributed by atoms with Crippen molar-refractivity contribution in [2.75, 3.05) is 6.79 Å². The molecule has 2 rings (SSSR count). The van der Waals surface area contributed by atoms with Gasteiger partial charge in [0.1, 0.15) is 5.75 Å². The van der Waals surface area contributed by atoms with E-state index in [2.05, 4.69) is 0 Å². The molecule has 0 bridgehead atoms. The van der Waals surface area contributed by atoms with Crippen molar-refractivity contribution >= 4 is 22.7 Å². The fourth-order valence-corrected chi connectivity index (χ4v) is 3.54. The predicted octanol–water partition coefficient (Wildman–Crippen LogP) is 0.651. The first-order valence-electron chi connectivity index (χ1n) is 6.00. The van der Waals surface area contributed by atoms with Crippen LogP contribution in [0.2, 0.25) is 0 Å². The molecule has 0 saturated carbocycles. The van der Waals surface area contributed by atoms with Crippen molar-refractivity contribution in [2.24, 2.45) is 0 Å². The zero-order chi connectivity index (χ0) is 16.4. The minimum absolute atomic E-state index is 0.00159. The molecule has 0 saturated heterocycles. The van der Waals surface area contributed by atoms with E-state index >= 15 is 0 Å². The molecule has 0 fully saturated rings. The number of aliphatic hydroxyl groups is 1. The topological polar surface area (TPSA) is 121 Å². The molecular formula is C13H13O7PS. The van der Waals surface area contributed by atoms with Crippen molar-refractivity contribution in [3.05, 3.63) is 48.5 Å². The molecular weight excluding hydrogens is 331 g/mol. The Balaban J connectivity index is 2.35. The molecule has 2 aromatic carbocycles. The van der Waals surface area contributed by atoms with Crippen LogP contribution >= 0.6 is 7.60 Å². The van der Waals surface area contributed by atoms with Crippen molar-refractivity contribution in [3.63, 3.8) is 0 Å². The third-order valence-electron chi connectivity index (χ3n) is 2.85. The Kier molecular flexibility index (Phi) is 4.69. The summed E-state index contributed by atoms with van der Waals surface area (Å²) in [6.45, 7) is -0.518. The first-order valence-corrected chi connectivity index (χ1v) is 9.10. The molecule has 0 radical (unpaired) electrons. The van der Waals surface area contributed by atoms with Gasteiger partial charge in [0.2, 0.25) is 9.84 Å². The predicted molar refractivity (Wildman–Crippen MR) is 77.7 cm³/mol. The maximum Gasteiger partial charge on any atom is 0.356 e. The molecule has 7 nitrogen and oxygen atoms in total. The number of sulfone groups is 1. The first-order chi connectivity index (χ1) is 10.2. The summed E-state index contributed by atoms with van der Waals surface area (Å²) in [5.74, 6) is 0.318. The van der Waals surface area contributed by atoms with Gasteiger partial charge in [-0.25, -0.2) is 8.42 Å². The summed E-state index contributed by atoms with van der Waals surface area (Å²) in [6.07, 6.45) is 0. The first kappa shape index (κ1) is 16.7. The minimum atomic E-state index is -4.41. The van der Waals surface area contributed by atoms with Gasteiger partial charge >= 0.3 is 7.60 Å². The van der Waals surface area contributed by atoms with E-state index < -0.39 is 24.2 Å². The van der Waals surface area contributed by atoms with E-state index in [0.717, 1.165) is 24.3 Å². The van der Waals surface area contributed by atoms with Crippen LogP contribution in [0.25, 0.3) is 0 Å². The third kappa shape index (κ3) is 3.55. The average molecular weight is 344 g/mol. The molecule has 0 aliphatic carbocycles.